The van der Waals surface area contributed by atoms with E-state index in [4.69, 9.17) is 41.8 Å². The van der Waals surface area contributed by atoms with Gasteiger partial charge in [-0.1, -0.05) is 35.3 Å². The van der Waals surface area contributed by atoms with E-state index >= 15 is 0 Å². The molecule has 0 aliphatic rings. The normalized spacial score (nSPS) is 11.5. The van der Waals surface area contributed by atoms with Gasteiger partial charge in [0.25, 0.3) is 0 Å². The van der Waals surface area contributed by atoms with Crippen LogP contribution in [0.4, 0.5) is 0 Å². The highest BCUT2D eigenvalue weighted by atomic mass is 35.7. The Morgan fingerprint density at radius 2 is 1.53 bits per heavy atom. The molecule has 0 saturated heterocycles. The van der Waals surface area contributed by atoms with E-state index < -0.39 is 10.2 Å². The molecule has 0 amide bonds. The molecule has 0 aromatic heterocycles. The van der Waals surface area contributed by atoms with Crippen LogP contribution in [-0.2, 0) is 0 Å². The lowest BCUT2D eigenvalue weighted by atomic mass is 10.2. The van der Waals surface area contributed by atoms with Crippen LogP contribution in [0.1, 0.15) is 5.56 Å². The van der Waals surface area contributed by atoms with Crippen LogP contribution in [0.2, 0.25) is 5.02 Å². The topological polar surface area (TPSA) is 95.2 Å². The van der Waals surface area contributed by atoms with E-state index in [2.05, 4.69) is 0 Å². The van der Waals surface area contributed by atoms with Crippen LogP contribution in [0, 0.1) is 10.2 Å². The summed E-state index contributed by atoms with van der Waals surface area (Å²) in [6.07, 6.45) is 3.75. The van der Waals surface area contributed by atoms with Crippen LogP contribution in [0.3, 0.4) is 0 Å². The molecule has 0 heterocycles. The van der Waals surface area contributed by atoms with E-state index in [1.165, 1.54) is 0 Å². The predicted octanol–water partition coefficient (Wildman–Crippen LogP) is -1.49. The maximum absolute atomic E-state index is 8.49. The van der Waals surface area contributed by atoms with Crippen LogP contribution in [-0.4, -0.2) is 24.9 Å². The molecule has 0 unspecified atom stereocenters. The largest absolute Gasteiger partial charge is 0.241 e. The van der Waals surface area contributed by atoms with Crippen molar-refractivity contribution in [2.75, 3.05) is 14.1 Å². The van der Waals surface area contributed by atoms with Crippen molar-refractivity contribution in [3.05, 3.63) is 40.9 Å². The minimum atomic E-state index is -4.94. The van der Waals surface area contributed by atoms with Crippen molar-refractivity contribution < 1.29 is 33.5 Å². The van der Waals surface area contributed by atoms with Crippen molar-refractivity contribution in [3.8, 4) is 0 Å². The fraction of sp³-hybridized carbons (Fsp3) is 0.182. The molecule has 19 heavy (non-hydrogen) atoms. The quantitative estimate of drug-likeness (QED) is 0.488. The number of halogens is 3. The third-order valence-corrected chi connectivity index (χ3v) is 2.24. The van der Waals surface area contributed by atoms with Gasteiger partial charge in [-0.2, -0.15) is 0 Å². The Kier molecular flexibility index (Phi) is 8.20. The zero-order valence-corrected chi connectivity index (χ0v) is 12.4. The van der Waals surface area contributed by atoms with Gasteiger partial charge in [-0.25, -0.2) is 23.2 Å². The molecular formula is C11H12Cl3NO4. The Morgan fingerprint density at radius 1 is 1.11 bits per heavy atom. The van der Waals surface area contributed by atoms with Crippen molar-refractivity contribution in [1.29, 1.82) is 0 Å². The van der Waals surface area contributed by atoms with Crippen LogP contribution in [0.25, 0.3) is 5.03 Å². The number of rotatable bonds is 2. The lowest BCUT2D eigenvalue weighted by Gasteiger charge is -2.17. The van der Waals surface area contributed by atoms with Crippen molar-refractivity contribution in [2.45, 2.75) is 0 Å². The first-order chi connectivity index (χ1) is 8.59. The van der Waals surface area contributed by atoms with Crippen molar-refractivity contribution in [2.24, 2.45) is 0 Å². The Hall–Kier alpha value is -0.660. The van der Waals surface area contributed by atoms with Gasteiger partial charge in [0.2, 0.25) is 0 Å². The predicted molar refractivity (Wildman–Crippen MR) is 63.5 cm³/mol. The summed E-state index contributed by atoms with van der Waals surface area (Å²) in [5.41, 5.74) is 0.967. The lowest BCUT2D eigenvalue weighted by Crippen LogP contribution is -2.68. The molecule has 8 heteroatoms. The Balaban J connectivity index is 0.000000555. The van der Waals surface area contributed by atoms with Gasteiger partial charge in [0.1, 0.15) is 14.1 Å². The summed E-state index contributed by atoms with van der Waals surface area (Å²) in [7, 11) is -1.05. The minimum absolute atomic E-state index is 0.704. The summed E-state index contributed by atoms with van der Waals surface area (Å²) in [6, 6.07) is 7.43. The standard InChI is InChI=1S/C11H12Cl2N.ClHO4/c1-14(2)8-7-11(13)9-3-5-10(12)6-4-9;2-1(3,4)5/h3-8H,1-2H3;(H,2,3,4,5)/q+1;/p-1/b11-7+;. The highest BCUT2D eigenvalue weighted by molar-refractivity contribution is 6.49. The fourth-order valence-electron chi connectivity index (χ4n) is 0.920. The Morgan fingerprint density at radius 3 is 1.89 bits per heavy atom. The molecule has 1 aromatic carbocycles. The molecule has 0 fully saturated rings. The van der Waals surface area contributed by atoms with Crippen molar-refractivity contribution in [1.82, 2.24) is 0 Å². The molecule has 5 nitrogen and oxygen atoms in total. The summed E-state index contributed by atoms with van der Waals surface area (Å²) < 4.78 is 35.9. The number of hydrogen-bond acceptors (Lipinski definition) is 4. The average molecular weight is 329 g/mol. The molecule has 0 radical (unpaired) electrons. The van der Waals surface area contributed by atoms with E-state index in [9.17, 15) is 0 Å². The highest BCUT2D eigenvalue weighted by Gasteiger charge is 1.97. The van der Waals surface area contributed by atoms with E-state index in [1.807, 2.05) is 55.2 Å². The second-order valence-corrected chi connectivity index (χ2v) is 5.11. The highest BCUT2D eigenvalue weighted by Crippen LogP contribution is 2.19. The van der Waals surface area contributed by atoms with Crippen molar-refractivity contribution >= 4 is 34.4 Å². The second kappa shape index (κ2) is 8.50. The summed E-state index contributed by atoms with van der Waals surface area (Å²) >= 11 is 11.8. The van der Waals surface area contributed by atoms with Gasteiger partial charge in [-0.3, -0.25) is 0 Å². The maximum Gasteiger partial charge on any atom is 0.164 e. The van der Waals surface area contributed by atoms with Gasteiger partial charge in [0, 0.05) is 11.1 Å². The van der Waals surface area contributed by atoms with E-state index in [-0.39, 0.29) is 0 Å². The van der Waals surface area contributed by atoms with E-state index in [0.29, 0.717) is 5.03 Å². The van der Waals surface area contributed by atoms with Gasteiger partial charge >= 0.3 is 0 Å². The maximum atomic E-state index is 8.49. The molecule has 0 N–H and O–H groups in total. The first-order valence-electron chi connectivity index (χ1n) is 4.84. The molecule has 0 bridgehead atoms. The van der Waals surface area contributed by atoms with Crippen LogP contribution in [0.15, 0.2) is 30.3 Å². The molecule has 0 atom stereocenters. The lowest BCUT2D eigenvalue weighted by molar-refractivity contribution is -2.00. The molecular weight excluding hydrogens is 316 g/mol. The van der Waals surface area contributed by atoms with E-state index in [0.717, 1.165) is 10.6 Å². The van der Waals surface area contributed by atoms with Crippen molar-refractivity contribution in [3.63, 3.8) is 0 Å². The van der Waals surface area contributed by atoms with Gasteiger partial charge in [-0.05, 0) is 17.7 Å². The molecule has 1 aromatic rings. The number of nitrogens with zero attached hydrogens (tertiary/aromatic N) is 1. The smallest absolute Gasteiger partial charge is 0.164 e. The molecule has 0 spiro atoms. The molecule has 0 saturated carbocycles. The van der Waals surface area contributed by atoms with Gasteiger partial charge in [0.15, 0.2) is 6.21 Å². The zero-order valence-electron chi connectivity index (χ0n) is 10.2. The first-order valence-corrected chi connectivity index (χ1v) is 6.83. The summed E-state index contributed by atoms with van der Waals surface area (Å²) in [4.78, 5) is 0. The molecule has 0 aliphatic carbocycles. The second-order valence-electron chi connectivity index (χ2n) is 3.51. The van der Waals surface area contributed by atoms with Crippen LogP contribution in [0.5, 0.6) is 0 Å². The van der Waals surface area contributed by atoms with Gasteiger partial charge < -0.3 is 0 Å². The Bertz CT molecular complexity index is 442. The summed E-state index contributed by atoms with van der Waals surface area (Å²) in [5.74, 6) is 0. The molecule has 1 rings (SSSR count). The fourth-order valence-corrected chi connectivity index (χ4v) is 1.23. The molecule has 106 valence electrons. The third kappa shape index (κ3) is 12.1. The van der Waals surface area contributed by atoms with Crippen LogP contribution < -0.4 is 18.6 Å². The minimum Gasteiger partial charge on any atom is -0.241 e. The third-order valence-electron chi connectivity index (χ3n) is 1.64. The monoisotopic (exact) mass is 327 g/mol. The Labute approximate surface area is 123 Å². The van der Waals surface area contributed by atoms with Gasteiger partial charge in [0.05, 0.1) is 5.03 Å². The van der Waals surface area contributed by atoms with Gasteiger partial charge in [-0.15, -0.1) is 10.2 Å². The van der Waals surface area contributed by atoms with E-state index in [1.54, 1.807) is 0 Å². The number of allylic oxidation sites excluding steroid dienone is 1. The SMILES string of the molecule is C[N+](C)=C/C=C(/Cl)c1ccc(Cl)cc1.[O-][Cl+3]([O-])([O-])[O-]. The molecule has 0 aliphatic heterocycles. The van der Waals surface area contributed by atoms with Crippen LogP contribution >= 0.6 is 23.2 Å². The summed E-state index contributed by atoms with van der Waals surface area (Å²) in [5, 5.41) is 1.42. The first kappa shape index (κ1) is 18.3. The number of hydrogen-bond donors (Lipinski definition) is 0. The average Bonchev–Trinajstić information content (AvgIpc) is 2.24. The zero-order chi connectivity index (χ0) is 15.1. The summed E-state index contributed by atoms with van der Waals surface area (Å²) in [6.45, 7) is 0. The number of benzene rings is 1.